The quantitative estimate of drug-likeness (QED) is 0.467. The molecule has 0 aliphatic heterocycles. The molecule has 1 aromatic rings. The van der Waals surface area contributed by atoms with Crippen LogP contribution in [0.25, 0.3) is 0 Å². The Bertz CT molecular complexity index is 661. The Morgan fingerprint density at radius 2 is 2.10 bits per heavy atom. The Balaban J connectivity index is 3.29. The average molecular weight is 322 g/mol. The summed E-state index contributed by atoms with van der Waals surface area (Å²) in [6, 6.07) is 0.738. The lowest BCUT2D eigenvalue weighted by Crippen LogP contribution is -2.41. The number of aliphatic carboxylic acids is 1. The number of aliphatic hydroxyl groups is 1. The van der Waals surface area contributed by atoms with Crippen molar-refractivity contribution >= 4 is 21.7 Å². The van der Waals surface area contributed by atoms with E-state index in [1.165, 1.54) is 0 Å². The van der Waals surface area contributed by atoms with Crippen LogP contribution in [0.1, 0.15) is 6.42 Å². The van der Waals surface area contributed by atoms with Gasteiger partial charge in [0, 0.05) is 6.61 Å². The number of nitrogens with zero attached hydrogens (tertiary/aromatic N) is 1. The van der Waals surface area contributed by atoms with Gasteiger partial charge in [-0.05, 0) is 18.6 Å². The van der Waals surface area contributed by atoms with Crippen molar-refractivity contribution in [3.05, 3.63) is 34.1 Å². The predicted octanol–water partition coefficient (Wildman–Crippen LogP) is -0.152. The Labute approximate surface area is 118 Å². The lowest BCUT2D eigenvalue weighted by molar-refractivity contribution is -0.390. The topological polar surface area (TPSA) is 147 Å². The maximum Gasteiger partial charge on any atom is 0.324 e. The maximum absolute atomic E-state index is 13.4. The highest BCUT2D eigenvalue weighted by Crippen LogP contribution is 2.26. The first-order chi connectivity index (χ1) is 9.70. The molecule has 0 amide bonds. The largest absolute Gasteiger partial charge is 0.480 e. The molecule has 0 heterocycles. The highest BCUT2D eigenvalue weighted by atomic mass is 32.2. The molecule has 3 N–H and O–H groups in total. The predicted molar refractivity (Wildman–Crippen MR) is 66.5 cm³/mol. The van der Waals surface area contributed by atoms with Crippen LogP contribution >= 0.6 is 0 Å². The number of carboxylic acids is 1. The molecular weight excluding hydrogens is 311 g/mol. The molecular formula is C10H11FN2O7S. The monoisotopic (exact) mass is 322 g/mol. The first kappa shape index (κ1) is 16.9. The third kappa shape index (κ3) is 3.93. The zero-order valence-electron chi connectivity index (χ0n) is 10.4. The van der Waals surface area contributed by atoms with E-state index >= 15 is 0 Å². The highest BCUT2D eigenvalue weighted by molar-refractivity contribution is 7.89. The summed E-state index contributed by atoms with van der Waals surface area (Å²) in [6.45, 7) is -0.620. The van der Waals surface area contributed by atoms with Crippen molar-refractivity contribution in [2.45, 2.75) is 17.4 Å². The number of carboxylic acid groups (broad SMARTS) is 1. The van der Waals surface area contributed by atoms with Gasteiger partial charge < -0.3 is 10.2 Å². The summed E-state index contributed by atoms with van der Waals surface area (Å²) in [5.74, 6) is -2.94. The molecule has 1 unspecified atom stereocenters. The summed E-state index contributed by atoms with van der Waals surface area (Å²) in [5, 5.41) is 28.2. The van der Waals surface area contributed by atoms with E-state index in [-0.39, 0.29) is 0 Å². The van der Waals surface area contributed by atoms with Crippen LogP contribution in [0.5, 0.6) is 0 Å². The fourth-order valence-corrected chi connectivity index (χ4v) is 2.91. The number of carbonyl (C=O) groups is 1. The number of rotatable bonds is 7. The molecule has 116 valence electrons. The highest BCUT2D eigenvalue weighted by Gasteiger charge is 2.32. The third-order valence-corrected chi connectivity index (χ3v) is 3.94. The molecule has 1 atom stereocenters. The van der Waals surface area contributed by atoms with Crippen molar-refractivity contribution in [3.8, 4) is 0 Å². The van der Waals surface area contributed by atoms with Crippen LogP contribution in [0.4, 0.5) is 10.1 Å². The molecule has 0 saturated heterocycles. The van der Waals surface area contributed by atoms with E-state index in [4.69, 9.17) is 10.2 Å². The first-order valence-electron chi connectivity index (χ1n) is 5.49. The SMILES string of the molecule is O=C(O)C(CCO)NS(=O)(=O)c1cccc(F)c1[N+](=O)[O-]. The van der Waals surface area contributed by atoms with E-state index in [1.54, 1.807) is 4.72 Å². The molecule has 0 aromatic heterocycles. The molecule has 0 radical (unpaired) electrons. The Morgan fingerprint density at radius 1 is 1.48 bits per heavy atom. The zero-order valence-corrected chi connectivity index (χ0v) is 11.2. The molecule has 11 heteroatoms. The van der Waals surface area contributed by atoms with Crippen LogP contribution in [0.15, 0.2) is 23.1 Å². The van der Waals surface area contributed by atoms with Gasteiger partial charge in [0.05, 0.1) is 4.92 Å². The molecule has 0 aliphatic rings. The molecule has 1 aromatic carbocycles. The Morgan fingerprint density at radius 3 is 2.57 bits per heavy atom. The molecule has 0 fully saturated rings. The molecule has 0 bridgehead atoms. The lowest BCUT2D eigenvalue weighted by atomic mass is 10.2. The van der Waals surface area contributed by atoms with Crippen LogP contribution in [0.2, 0.25) is 0 Å². The second-order valence-corrected chi connectivity index (χ2v) is 5.55. The van der Waals surface area contributed by atoms with Gasteiger partial charge in [0.15, 0.2) is 4.90 Å². The molecule has 0 saturated carbocycles. The summed E-state index contributed by atoms with van der Waals surface area (Å²) in [7, 11) is -4.65. The van der Waals surface area contributed by atoms with Gasteiger partial charge in [-0.2, -0.15) is 9.11 Å². The van der Waals surface area contributed by atoms with Crippen LogP contribution in [-0.2, 0) is 14.8 Å². The van der Waals surface area contributed by atoms with Crippen LogP contribution in [0, 0.1) is 15.9 Å². The number of nitrogens with one attached hydrogen (secondary N) is 1. The minimum absolute atomic E-state index is 0.447. The van der Waals surface area contributed by atoms with E-state index < -0.39 is 56.4 Å². The summed E-state index contributed by atoms with van der Waals surface area (Å²) in [5.41, 5.74) is -1.28. The molecule has 9 nitrogen and oxygen atoms in total. The Kier molecular flexibility index (Phi) is 5.29. The smallest absolute Gasteiger partial charge is 0.324 e. The van der Waals surface area contributed by atoms with Crippen molar-refractivity contribution in [2.24, 2.45) is 0 Å². The zero-order chi connectivity index (χ0) is 16.2. The third-order valence-electron chi connectivity index (χ3n) is 2.44. The number of para-hydroxylation sites is 1. The standard InChI is InChI=1S/C10H11FN2O7S/c11-6-2-1-3-8(9(6)13(17)18)21(19,20)12-7(4-5-14)10(15)16/h1-3,7,12,14H,4-5H2,(H,15,16). The van der Waals surface area contributed by atoms with Crippen molar-refractivity contribution in [1.82, 2.24) is 4.72 Å². The second kappa shape index (κ2) is 6.56. The van der Waals surface area contributed by atoms with Crippen LogP contribution in [-0.4, -0.2) is 42.2 Å². The Hall–Kier alpha value is -2.11. The second-order valence-electron chi connectivity index (χ2n) is 3.87. The number of aliphatic hydroxyl groups excluding tert-OH is 1. The van der Waals surface area contributed by atoms with Crippen LogP contribution in [0.3, 0.4) is 0 Å². The van der Waals surface area contributed by atoms with Crippen LogP contribution < -0.4 is 4.72 Å². The number of nitro groups is 1. The number of sulfonamides is 1. The maximum atomic E-state index is 13.4. The van der Waals surface area contributed by atoms with Gasteiger partial charge in [-0.15, -0.1) is 0 Å². The van der Waals surface area contributed by atoms with Gasteiger partial charge in [-0.25, -0.2) is 8.42 Å². The molecule has 0 spiro atoms. The summed E-state index contributed by atoms with van der Waals surface area (Å²) in [6.07, 6.45) is -0.447. The van der Waals surface area contributed by atoms with E-state index in [9.17, 15) is 27.7 Å². The minimum Gasteiger partial charge on any atom is -0.480 e. The van der Waals surface area contributed by atoms with Gasteiger partial charge >= 0.3 is 11.7 Å². The summed E-state index contributed by atoms with van der Waals surface area (Å²) in [4.78, 5) is 19.4. The van der Waals surface area contributed by atoms with Gasteiger partial charge in [0.2, 0.25) is 15.8 Å². The van der Waals surface area contributed by atoms with Crippen molar-refractivity contribution < 1.29 is 32.7 Å². The van der Waals surface area contributed by atoms with Gasteiger partial charge in [0.1, 0.15) is 6.04 Å². The van der Waals surface area contributed by atoms with Crippen molar-refractivity contribution in [3.63, 3.8) is 0 Å². The van der Waals surface area contributed by atoms with Gasteiger partial charge in [0.25, 0.3) is 0 Å². The first-order valence-corrected chi connectivity index (χ1v) is 6.98. The average Bonchev–Trinajstić information content (AvgIpc) is 2.37. The van der Waals surface area contributed by atoms with E-state index in [0.29, 0.717) is 6.07 Å². The minimum atomic E-state index is -4.65. The number of benzene rings is 1. The van der Waals surface area contributed by atoms with E-state index in [2.05, 4.69) is 0 Å². The van der Waals surface area contributed by atoms with Gasteiger partial charge in [-0.1, -0.05) is 6.07 Å². The molecule has 0 aliphatic carbocycles. The van der Waals surface area contributed by atoms with E-state index in [1.807, 2.05) is 0 Å². The number of halogens is 1. The van der Waals surface area contributed by atoms with E-state index in [0.717, 1.165) is 12.1 Å². The van der Waals surface area contributed by atoms with Crippen molar-refractivity contribution in [2.75, 3.05) is 6.61 Å². The lowest BCUT2D eigenvalue weighted by Gasteiger charge is -2.13. The summed E-state index contributed by atoms with van der Waals surface area (Å²) >= 11 is 0. The molecule has 21 heavy (non-hydrogen) atoms. The normalized spacial score (nSPS) is 12.9. The molecule has 1 rings (SSSR count). The van der Waals surface area contributed by atoms with Crippen molar-refractivity contribution in [1.29, 1.82) is 0 Å². The fourth-order valence-electron chi connectivity index (χ4n) is 1.50. The fraction of sp³-hybridized carbons (Fsp3) is 0.300. The summed E-state index contributed by atoms with van der Waals surface area (Å²) < 4.78 is 39.0. The van der Waals surface area contributed by atoms with Gasteiger partial charge in [-0.3, -0.25) is 14.9 Å². The number of hydrogen-bond acceptors (Lipinski definition) is 6. The number of nitro benzene ring substituents is 1. The number of hydrogen-bond donors (Lipinski definition) is 3.